The minimum absolute atomic E-state index is 0.0783. The molecule has 0 saturated heterocycles. The van der Waals surface area contributed by atoms with Crippen LogP contribution in [0.25, 0.3) is 28.0 Å². The normalized spacial score (nSPS) is 15.0. The molecule has 4 heteroatoms. The van der Waals surface area contributed by atoms with E-state index < -0.39 is 23.1 Å². The first-order valence-corrected chi connectivity index (χ1v) is 9.51. The third-order valence-corrected chi connectivity index (χ3v) is 5.45. The fourth-order valence-electron chi connectivity index (χ4n) is 4.01. The van der Waals surface area contributed by atoms with E-state index in [0.29, 0.717) is 5.56 Å². The molecule has 0 spiro atoms. The number of alkyl halides is 2. The van der Waals surface area contributed by atoms with Crippen molar-refractivity contribution in [1.29, 1.82) is 0 Å². The van der Waals surface area contributed by atoms with Gasteiger partial charge in [-0.2, -0.15) is 8.78 Å². The van der Waals surface area contributed by atoms with Crippen LogP contribution in [0, 0.1) is 11.6 Å². The highest BCUT2D eigenvalue weighted by Gasteiger charge is 2.43. The van der Waals surface area contributed by atoms with Gasteiger partial charge in [0.2, 0.25) is 0 Å². The van der Waals surface area contributed by atoms with Crippen LogP contribution in [0.4, 0.5) is 17.6 Å². The molecule has 28 heavy (non-hydrogen) atoms. The molecule has 0 unspecified atom stereocenters. The Morgan fingerprint density at radius 1 is 0.893 bits per heavy atom. The van der Waals surface area contributed by atoms with Crippen LogP contribution in [0.3, 0.4) is 0 Å². The summed E-state index contributed by atoms with van der Waals surface area (Å²) in [6, 6.07) is 11.9. The Bertz CT molecular complexity index is 1090. The maximum atomic E-state index is 15.0. The molecule has 0 nitrogen and oxygen atoms in total. The Kier molecular flexibility index (Phi) is 4.53. The number of hydrogen-bond donors (Lipinski definition) is 0. The number of fused-ring (bicyclic) bond motifs is 3. The van der Waals surface area contributed by atoms with Crippen LogP contribution in [0.1, 0.15) is 43.4 Å². The van der Waals surface area contributed by atoms with Gasteiger partial charge in [0.05, 0.1) is 0 Å². The van der Waals surface area contributed by atoms with Gasteiger partial charge in [-0.3, -0.25) is 0 Å². The lowest BCUT2D eigenvalue weighted by atomic mass is 9.93. The van der Waals surface area contributed by atoms with Gasteiger partial charge in [0.1, 0.15) is 0 Å². The molecule has 0 N–H and O–H groups in total. The topological polar surface area (TPSA) is 0 Å². The van der Waals surface area contributed by atoms with E-state index in [1.54, 1.807) is 31.2 Å². The quantitative estimate of drug-likeness (QED) is 0.406. The second-order valence-corrected chi connectivity index (χ2v) is 7.22. The SMILES string of the molecule is CCCc1ccc(-c2cc3ccc4c(c3c(F)c2F)C(F)(F)C(CC)=C4)cc1. The van der Waals surface area contributed by atoms with Crippen molar-refractivity contribution in [2.45, 2.75) is 39.0 Å². The molecule has 0 fully saturated rings. The molecule has 3 aromatic rings. The van der Waals surface area contributed by atoms with Gasteiger partial charge in [0.15, 0.2) is 11.6 Å². The van der Waals surface area contributed by atoms with E-state index in [1.807, 2.05) is 12.1 Å². The van der Waals surface area contributed by atoms with E-state index in [4.69, 9.17) is 0 Å². The van der Waals surface area contributed by atoms with Gasteiger partial charge in [-0.15, -0.1) is 0 Å². The highest BCUT2D eigenvalue weighted by Crippen LogP contribution is 2.50. The average Bonchev–Trinajstić information content (AvgIpc) is 2.95. The van der Waals surface area contributed by atoms with Gasteiger partial charge in [0, 0.05) is 22.1 Å². The highest BCUT2D eigenvalue weighted by molar-refractivity contribution is 5.95. The Morgan fingerprint density at radius 2 is 1.61 bits per heavy atom. The van der Waals surface area contributed by atoms with Crippen LogP contribution >= 0.6 is 0 Å². The summed E-state index contributed by atoms with van der Waals surface area (Å²) >= 11 is 0. The molecule has 0 radical (unpaired) electrons. The number of allylic oxidation sites excluding steroid dienone is 1. The molecule has 3 aromatic carbocycles. The van der Waals surface area contributed by atoms with E-state index in [-0.39, 0.29) is 33.9 Å². The van der Waals surface area contributed by atoms with E-state index in [0.717, 1.165) is 18.4 Å². The molecule has 0 atom stereocenters. The van der Waals surface area contributed by atoms with E-state index in [2.05, 4.69) is 6.92 Å². The number of benzene rings is 3. The molecule has 0 aliphatic heterocycles. The first kappa shape index (κ1) is 18.7. The Labute approximate surface area is 161 Å². The van der Waals surface area contributed by atoms with Crippen LogP contribution in [0.5, 0.6) is 0 Å². The maximum Gasteiger partial charge on any atom is 0.296 e. The highest BCUT2D eigenvalue weighted by atomic mass is 19.3. The fourth-order valence-corrected chi connectivity index (χ4v) is 4.01. The van der Waals surface area contributed by atoms with Gasteiger partial charge in [-0.25, -0.2) is 8.78 Å². The zero-order chi connectivity index (χ0) is 20.1. The largest absolute Gasteiger partial charge is 0.296 e. The molecule has 0 bridgehead atoms. The lowest BCUT2D eigenvalue weighted by molar-refractivity contribution is 0.0407. The molecule has 4 rings (SSSR count). The monoisotopic (exact) mass is 384 g/mol. The van der Waals surface area contributed by atoms with Crippen molar-refractivity contribution in [3.05, 3.63) is 76.4 Å². The minimum Gasteiger partial charge on any atom is -0.203 e. The summed E-state index contributed by atoms with van der Waals surface area (Å²) in [5.41, 5.74) is 1.47. The van der Waals surface area contributed by atoms with E-state index in [9.17, 15) is 13.2 Å². The van der Waals surface area contributed by atoms with Gasteiger partial charge < -0.3 is 0 Å². The maximum absolute atomic E-state index is 15.0. The summed E-state index contributed by atoms with van der Waals surface area (Å²) in [6.07, 6.45) is 3.43. The van der Waals surface area contributed by atoms with Gasteiger partial charge in [0.25, 0.3) is 5.92 Å². The molecular formula is C24H20F4. The van der Waals surface area contributed by atoms with Crippen molar-refractivity contribution in [2.24, 2.45) is 0 Å². The Morgan fingerprint density at radius 3 is 2.25 bits per heavy atom. The van der Waals surface area contributed by atoms with E-state index in [1.165, 1.54) is 12.1 Å². The number of rotatable bonds is 4. The van der Waals surface area contributed by atoms with Crippen molar-refractivity contribution in [2.75, 3.05) is 0 Å². The van der Waals surface area contributed by atoms with Gasteiger partial charge >= 0.3 is 0 Å². The molecule has 0 amide bonds. The van der Waals surface area contributed by atoms with Crippen LogP contribution in [-0.4, -0.2) is 0 Å². The summed E-state index contributed by atoms with van der Waals surface area (Å²) in [7, 11) is 0. The molecule has 0 heterocycles. The number of hydrogen-bond acceptors (Lipinski definition) is 0. The van der Waals surface area contributed by atoms with Crippen LogP contribution in [0.2, 0.25) is 0 Å². The Balaban J connectivity index is 1.91. The number of halogens is 4. The Hall–Kier alpha value is -2.62. The predicted octanol–water partition coefficient (Wildman–Crippen LogP) is 7.64. The van der Waals surface area contributed by atoms with Crippen molar-refractivity contribution < 1.29 is 17.6 Å². The smallest absolute Gasteiger partial charge is 0.203 e. The zero-order valence-electron chi connectivity index (χ0n) is 15.8. The van der Waals surface area contributed by atoms with Gasteiger partial charge in [-0.1, -0.05) is 56.7 Å². The summed E-state index contributed by atoms with van der Waals surface area (Å²) in [4.78, 5) is 0. The lowest BCUT2D eigenvalue weighted by Crippen LogP contribution is -2.14. The van der Waals surface area contributed by atoms with Crippen LogP contribution < -0.4 is 0 Å². The molecular weight excluding hydrogens is 364 g/mol. The lowest BCUT2D eigenvalue weighted by Gasteiger charge is -2.18. The van der Waals surface area contributed by atoms with Crippen molar-refractivity contribution >= 4 is 16.8 Å². The molecule has 0 saturated carbocycles. The van der Waals surface area contributed by atoms with E-state index >= 15 is 4.39 Å². The second-order valence-electron chi connectivity index (χ2n) is 7.22. The number of aryl methyl sites for hydroxylation is 1. The summed E-state index contributed by atoms with van der Waals surface area (Å²) < 4.78 is 59.6. The van der Waals surface area contributed by atoms with Crippen LogP contribution in [0.15, 0.2) is 48.0 Å². The molecule has 1 aliphatic carbocycles. The van der Waals surface area contributed by atoms with Gasteiger partial charge in [-0.05, 0) is 47.1 Å². The molecule has 0 aromatic heterocycles. The molecule has 1 aliphatic rings. The predicted molar refractivity (Wildman–Crippen MR) is 105 cm³/mol. The fraction of sp³-hybridized carbons (Fsp3) is 0.250. The summed E-state index contributed by atoms with van der Waals surface area (Å²) in [5.74, 6) is -5.60. The van der Waals surface area contributed by atoms with Crippen molar-refractivity contribution in [3.8, 4) is 11.1 Å². The van der Waals surface area contributed by atoms with Crippen molar-refractivity contribution in [1.82, 2.24) is 0 Å². The standard InChI is InChI=1S/C24H20F4/c1-3-5-14-6-8-15(9-7-14)19-13-16-10-11-17-12-18(4-2)24(27,28)21(17)20(16)23(26)22(19)25/h6-13H,3-5H2,1-2H3. The summed E-state index contributed by atoms with van der Waals surface area (Å²) in [5, 5.41) is -0.0539. The second kappa shape index (κ2) is 6.77. The first-order valence-electron chi connectivity index (χ1n) is 9.51. The van der Waals surface area contributed by atoms with Crippen LogP contribution in [-0.2, 0) is 12.3 Å². The third kappa shape index (κ3) is 2.74. The molecule has 144 valence electrons. The third-order valence-electron chi connectivity index (χ3n) is 5.45. The zero-order valence-corrected chi connectivity index (χ0v) is 15.8. The van der Waals surface area contributed by atoms with Crippen molar-refractivity contribution in [3.63, 3.8) is 0 Å². The minimum atomic E-state index is -3.29. The first-order chi connectivity index (χ1) is 13.4. The average molecular weight is 384 g/mol. The summed E-state index contributed by atoms with van der Waals surface area (Å²) in [6.45, 7) is 3.70.